The average Bonchev–Trinajstić information content (AvgIpc) is 2.38. The number of hydrogen-bond donors (Lipinski definition) is 1. The lowest BCUT2D eigenvalue weighted by Crippen LogP contribution is -2.13. The van der Waals surface area contributed by atoms with Crippen molar-refractivity contribution in [2.75, 3.05) is 5.32 Å². The Labute approximate surface area is 129 Å². The number of rotatable bonds is 3. The molecule has 2 aromatic rings. The molecule has 0 aliphatic heterocycles. The minimum Gasteiger partial charge on any atom is -0.322 e. The standard InChI is InChI=1S/C13H8Cl2FNO3S/c14-8-1-6-11(12(16)7-8)13(18)17-9-2-4-10(5-3-9)21(15,19)20/h1-7H,(H,17,18). The molecule has 0 aliphatic rings. The third kappa shape index (κ3) is 3.93. The summed E-state index contributed by atoms with van der Waals surface area (Å²) < 4.78 is 35.7. The molecule has 0 heterocycles. The highest BCUT2D eigenvalue weighted by molar-refractivity contribution is 8.13. The zero-order valence-electron chi connectivity index (χ0n) is 10.3. The van der Waals surface area contributed by atoms with Crippen molar-refractivity contribution in [3.05, 3.63) is 58.9 Å². The van der Waals surface area contributed by atoms with Crippen LogP contribution in [0.3, 0.4) is 0 Å². The molecule has 21 heavy (non-hydrogen) atoms. The summed E-state index contributed by atoms with van der Waals surface area (Å²) in [6.07, 6.45) is 0. The van der Waals surface area contributed by atoms with Crippen LogP contribution in [0.2, 0.25) is 5.02 Å². The number of hydrogen-bond acceptors (Lipinski definition) is 3. The number of nitrogens with one attached hydrogen (secondary N) is 1. The van der Waals surface area contributed by atoms with Gasteiger partial charge in [0.1, 0.15) is 5.82 Å². The van der Waals surface area contributed by atoms with E-state index in [2.05, 4.69) is 5.32 Å². The van der Waals surface area contributed by atoms with E-state index in [0.717, 1.165) is 6.07 Å². The third-order valence-corrected chi connectivity index (χ3v) is 4.17. The summed E-state index contributed by atoms with van der Waals surface area (Å²) in [7, 11) is 1.34. The van der Waals surface area contributed by atoms with Gasteiger partial charge in [-0.25, -0.2) is 12.8 Å². The topological polar surface area (TPSA) is 63.2 Å². The predicted octanol–water partition coefficient (Wildman–Crippen LogP) is 3.66. The van der Waals surface area contributed by atoms with Gasteiger partial charge in [0.25, 0.3) is 15.0 Å². The van der Waals surface area contributed by atoms with Gasteiger partial charge in [-0.3, -0.25) is 4.79 Å². The Morgan fingerprint density at radius 3 is 2.24 bits per heavy atom. The maximum atomic E-state index is 13.6. The Bertz CT molecular complexity index is 792. The molecule has 0 saturated carbocycles. The summed E-state index contributed by atoms with van der Waals surface area (Å²) >= 11 is 5.60. The fourth-order valence-corrected chi connectivity index (χ4v) is 2.50. The van der Waals surface area contributed by atoms with Crippen LogP contribution in [-0.4, -0.2) is 14.3 Å². The molecule has 0 spiro atoms. The minimum atomic E-state index is -3.83. The van der Waals surface area contributed by atoms with Crippen LogP contribution < -0.4 is 5.32 Å². The van der Waals surface area contributed by atoms with E-state index in [1.54, 1.807) is 0 Å². The molecule has 0 fully saturated rings. The molecule has 0 bridgehead atoms. The number of anilines is 1. The van der Waals surface area contributed by atoms with Crippen molar-refractivity contribution in [2.24, 2.45) is 0 Å². The van der Waals surface area contributed by atoms with Crippen molar-refractivity contribution in [1.29, 1.82) is 0 Å². The fourth-order valence-electron chi connectivity index (χ4n) is 1.57. The Morgan fingerprint density at radius 1 is 1.10 bits per heavy atom. The number of amides is 1. The van der Waals surface area contributed by atoms with Crippen LogP contribution in [0.4, 0.5) is 10.1 Å². The second-order valence-corrected chi connectivity index (χ2v) is 7.04. The summed E-state index contributed by atoms with van der Waals surface area (Å²) in [6, 6.07) is 8.83. The second kappa shape index (κ2) is 6.01. The normalized spacial score (nSPS) is 11.2. The zero-order chi connectivity index (χ0) is 15.6. The lowest BCUT2D eigenvalue weighted by atomic mass is 10.2. The van der Waals surface area contributed by atoms with Crippen LogP contribution in [0, 0.1) is 5.82 Å². The Balaban J connectivity index is 2.20. The highest BCUT2D eigenvalue weighted by Gasteiger charge is 2.13. The summed E-state index contributed by atoms with van der Waals surface area (Å²) in [4.78, 5) is 11.8. The van der Waals surface area contributed by atoms with Crippen LogP contribution in [0.15, 0.2) is 47.4 Å². The van der Waals surface area contributed by atoms with Crippen molar-refractivity contribution in [2.45, 2.75) is 4.90 Å². The van der Waals surface area contributed by atoms with Gasteiger partial charge in [0, 0.05) is 21.4 Å². The molecule has 8 heteroatoms. The van der Waals surface area contributed by atoms with E-state index in [-0.39, 0.29) is 15.5 Å². The largest absolute Gasteiger partial charge is 0.322 e. The molecule has 0 atom stereocenters. The quantitative estimate of drug-likeness (QED) is 0.861. The van der Waals surface area contributed by atoms with Crippen molar-refractivity contribution < 1.29 is 17.6 Å². The molecular formula is C13H8Cl2FNO3S. The van der Waals surface area contributed by atoms with Crippen molar-refractivity contribution in [1.82, 2.24) is 0 Å². The number of benzene rings is 2. The van der Waals surface area contributed by atoms with E-state index in [1.807, 2.05) is 0 Å². The monoisotopic (exact) mass is 347 g/mol. The van der Waals surface area contributed by atoms with Gasteiger partial charge in [0.15, 0.2) is 0 Å². The van der Waals surface area contributed by atoms with Crippen LogP contribution in [0.1, 0.15) is 10.4 Å². The molecule has 0 aromatic heterocycles. The van der Waals surface area contributed by atoms with Crippen molar-refractivity contribution in [3.8, 4) is 0 Å². The Morgan fingerprint density at radius 2 is 1.71 bits per heavy atom. The molecule has 1 amide bonds. The van der Waals surface area contributed by atoms with Gasteiger partial charge in [-0.15, -0.1) is 0 Å². The van der Waals surface area contributed by atoms with E-state index in [1.165, 1.54) is 36.4 Å². The molecule has 110 valence electrons. The maximum Gasteiger partial charge on any atom is 0.261 e. The predicted molar refractivity (Wildman–Crippen MR) is 78.8 cm³/mol. The summed E-state index contributed by atoms with van der Waals surface area (Å²) in [5.41, 5.74) is 0.131. The minimum absolute atomic E-state index is 0.0974. The molecule has 2 aromatic carbocycles. The van der Waals surface area contributed by atoms with E-state index < -0.39 is 20.8 Å². The van der Waals surface area contributed by atoms with E-state index in [0.29, 0.717) is 5.69 Å². The van der Waals surface area contributed by atoms with Gasteiger partial charge >= 0.3 is 0 Å². The van der Waals surface area contributed by atoms with Crippen LogP contribution in [-0.2, 0) is 9.05 Å². The van der Waals surface area contributed by atoms with E-state index in [4.69, 9.17) is 22.3 Å². The summed E-state index contributed by atoms with van der Waals surface area (Å²) in [5, 5.41) is 2.62. The van der Waals surface area contributed by atoms with Crippen LogP contribution in [0.25, 0.3) is 0 Å². The van der Waals surface area contributed by atoms with Gasteiger partial charge < -0.3 is 5.32 Å². The summed E-state index contributed by atoms with van der Waals surface area (Å²) in [5.74, 6) is -1.43. The van der Waals surface area contributed by atoms with Gasteiger partial charge in [-0.1, -0.05) is 11.6 Å². The molecule has 4 nitrogen and oxygen atoms in total. The van der Waals surface area contributed by atoms with Crippen molar-refractivity contribution in [3.63, 3.8) is 0 Å². The van der Waals surface area contributed by atoms with Gasteiger partial charge in [-0.05, 0) is 42.5 Å². The molecular weight excluding hydrogens is 340 g/mol. The first-order chi connectivity index (χ1) is 9.77. The van der Waals surface area contributed by atoms with Gasteiger partial charge in [-0.2, -0.15) is 0 Å². The smallest absolute Gasteiger partial charge is 0.261 e. The zero-order valence-corrected chi connectivity index (χ0v) is 12.6. The number of carbonyl (C=O) groups excluding carboxylic acids is 1. The van der Waals surface area contributed by atoms with Crippen LogP contribution >= 0.6 is 22.3 Å². The fraction of sp³-hybridized carbons (Fsp3) is 0. The molecule has 1 N–H and O–H groups in total. The Hall–Kier alpha value is -1.63. The van der Waals surface area contributed by atoms with Crippen molar-refractivity contribution >= 4 is 42.9 Å². The highest BCUT2D eigenvalue weighted by atomic mass is 35.7. The first-order valence-electron chi connectivity index (χ1n) is 5.58. The average molecular weight is 348 g/mol. The summed E-state index contributed by atoms with van der Waals surface area (Å²) in [6.45, 7) is 0. The second-order valence-electron chi connectivity index (χ2n) is 4.04. The molecule has 0 saturated heterocycles. The van der Waals surface area contributed by atoms with E-state index in [9.17, 15) is 17.6 Å². The number of halogens is 3. The molecule has 0 radical (unpaired) electrons. The lowest BCUT2D eigenvalue weighted by Gasteiger charge is -2.07. The maximum absolute atomic E-state index is 13.6. The molecule has 0 unspecified atom stereocenters. The van der Waals surface area contributed by atoms with Gasteiger partial charge in [0.05, 0.1) is 10.5 Å². The highest BCUT2D eigenvalue weighted by Crippen LogP contribution is 2.19. The number of carbonyl (C=O) groups is 1. The molecule has 0 aliphatic carbocycles. The Kier molecular flexibility index (Phi) is 4.51. The molecule has 2 rings (SSSR count). The lowest BCUT2D eigenvalue weighted by molar-refractivity contribution is 0.102. The third-order valence-electron chi connectivity index (χ3n) is 2.57. The van der Waals surface area contributed by atoms with Gasteiger partial charge in [0.2, 0.25) is 0 Å². The first kappa shape index (κ1) is 15.8. The first-order valence-corrected chi connectivity index (χ1v) is 8.27. The SMILES string of the molecule is O=C(Nc1ccc(S(=O)(=O)Cl)cc1)c1ccc(Cl)cc1F. The van der Waals surface area contributed by atoms with E-state index >= 15 is 0 Å². The van der Waals surface area contributed by atoms with Crippen LogP contribution in [0.5, 0.6) is 0 Å².